The zero-order chi connectivity index (χ0) is 29.3. The number of anilines is 2. The number of hydrogen-bond donors (Lipinski definition) is 2. The summed E-state index contributed by atoms with van der Waals surface area (Å²) in [4.78, 5) is 13.8. The number of alkyl halides is 3. The van der Waals surface area contributed by atoms with Crippen LogP contribution in [0.2, 0.25) is 0 Å². The number of halogens is 3. The standard InChI is InChI=1S/C29H35F3N8S/c1-4-38(3)11-12-40-21(16-33)13-23-18(2)19(5-6-25(23)40)17-39-9-7-20(8-10-39)35-26-24-14-22(15-29(30,31)32)41-27(24)37-28(34)36-26/h5-6,13-14,20H,4,7-12,15,17H2,1-3H3,(H3,34,35,36,37). The molecule has 3 N–H and O–H groups in total. The van der Waals surface area contributed by atoms with Crippen molar-refractivity contribution in [2.45, 2.75) is 58.4 Å². The molecule has 218 valence electrons. The molecule has 1 aliphatic heterocycles. The van der Waals surface area contributed by atoms with Crippen LogP contribution in [0.5, 0.6) is 0 Å². The second-order valence-corrected chi connectivity index (χ2v) is 11.9. The normalized spacial score (nSPS) is 15.3. The molecule has 3 aromatic heterocycles. The lowest BCUT2D eigenvalue weighted by Crippen LogP contribution is -2.39. The Labute approximate surface area is 241 Å². The molecule has 4 aromatic rings. The third-order valence-corrected chi connectivity index (χ3v) is 9.01. The summed E-state index contributed by atoms with van der Waals surface area (Å²) in [5.41, 5.74) is 10.1. The van der Waals surface area contributed by atoms with Crippen molar-refractivity contribution in [2.75, 3.05) is 44.3 Å². The first kappa shape index (κ1) is 29.1. The van der Waals surface area contributed by atoms with E-state index in [0.717, 1.165) is 74.3 Å². The highest BCUT2D eigenvalue weighted by Gasteiger charge is 2.29. The summed E-state index contributed by atoms with van der Waals surface area (Å²) >= 11 is 1.01. The van der Waals surface area contributed by atoms with Crippen molar-refractivity contribution in [3.05, 3.63) is 46.0 Å². The third kappa shape index (κ3) is 6.58. The molecule has 8 nitrogen and oxygen atoms in total. The van der Waals surface area contributed by atoms with E-state index >= 15 is 0 Å². The number of nitrogens with two attached hydrogens (primary N) is 1. The van der Waals surface area contributed by atoms with Gasteiger partial charge >= 0.3 is 6.18 Å². The maximum absolute atomic E-state index is 12.9. The molecule has 0 unspecified atom stereocenters. The van der Waals surface area contributed by atoms with Gasteiger partial charge < -0.3 is 20.5 Å². The van der Waals surface area contributed by atoms with Crippen LogP contribution >= 0.6 is 11.3 Å². The number of nitriles is 1. The van der Waals surface area contributed by atoms with Crippen LogP contribution in [0, 0.1) is 18.3 Å². The Bertz CT molecular complexity index is 1580. The number of likely N-dealkylation sites (N-methyl/N-ethyl adjacent to an activating group) is 1. The van der Waals surface area contributed by atoms with E-state index in [-0.39, 0.29) is 16.9 Å². The first-order valence-electron chi connectivity index (χ1n) is 13.9. The first-order chi connectivity index (χ1) is 19.5. The van der Waals surface area contributed by atoms with Gasteiger partial charge in [-0.3, -0.25) is 4.90 Å². The summed E-state index contributed by atoms with van der Waals surface area (Å²) in [6.07, 6.45) is -3.54. The minimum atomic E-state index is -4.28. The number of nitrogens with zero attached hydrogens (tertiary/aromatic N) is 6. The zero-order valence-electron chi connectivity index (χ0n) is 23.6. The number of nitrogen functional groups attached to an aromatic ring is 1. The van der Waals surface area contributed by atoms with Crippen molar-refractivity contribution in [1.82, 2.24) is 24.3 Å². The first-order valence-corrected chi connectivity index (χ1v) is 14.7. The molecule has 0 saturated carbocycles. The minimum Gasteiger partial charge on any atom is -0.368 e. The van der Waals surface area contributed by atoms with Crippen molar-refractivity contribution in [2.24, 2.45) is 0 Å². The fourth-order valence-electron chi connectivity index (χ4n) is 5.51. The molecule has 0 amide bonds. The Morgan fingerprint density at radius 3 is 2.63 bits per heavy atom. The molecule has 1 saturated heterocycles. The molecule has 1 aromatic carbocycles. The van der Waals surface area contributed by atoms with E-state index in [1.54, 1.807) is 0 Å². The van der Waals surface area contributed by atoms with Gasteiger partial charge in [-0.25, -0.2) is 4.98 Å². The van der Waals surface area contributed by atoms with Gasteiger partial charge in [0.15, 0.2) is 0 Å². The summed E-state index contributed by atoms with van der Waals surface area (Å²) in [5, 5.41) is 14.9. The van der Waals surface area contributed by atoms with Gasteiger partial charge in [-0.15, -0.1) is 11.3 Å². The van der Waals surface area contributed by atoms with Crippen LogP contribution < -0.4 is 11.1 Å². The number of thiophene rings is 1. The molecule has 0 aliphatic carbocycles. The maximum atomic E-state index is 12.9. The highest BCUT2D eigenvalue weighted by molar-refractivity contribution is 7.18. The van der Waals surface area contributed by atoms with Crippen LogP contribution in [0.4, 0.5) is 24.9 Å². The maximum Gasteiger partial charge on any atom is 0.393 e. The number of hydrogen-bond acceptors (Lipinski definition) is 8. The molecule has 12 heteroatoms. The van der Waals surface area contributed by atoms with Crippen LogP contribution in [-0.2, 0) is 19.5 Å². The second kappa shape index (κ2) is 11.8. The summed E-state index contributed by atoms with van der Waals surface area (Å²) in [5.74, 6) is 0.550. The summed E-state index contributed by atoms with van der Waals surface area (Å²) in [6, 6.07) is 10.3. The minimum absolute atomic E-state index is 0.0504. The van der Waals surface area contributed by atoms with E-state index in [0.29, 0.717) is 21.7 Å². The van der Waals surface area contributed by atoms with Crippen molar-refractivity contribution < 1.29 is 13.2 Å². The highest BCUT2D eigenvalue weighted by atomic mass is 32.1. The summed E-state index contributed by atoms with van der Waals surface area (Å²) < 4.78 is 40.9. The Morgan fingerprint density at radius 2 is 1.95 bits per heavy atom. The summed E-state index contributed by atoms with van der Waals surface area (Å²) in [6.45, 7) is 9.43. The van der Waals surface area contributed by atoms with Gasteiger partial charge in [0.25, 0.3) is 0 Å². The van der Waals surface area contributed by atoms with Gasteiger partial charge in [-0.2, -0.15) is 23.4 Å². The van der Waals surface area contributed by atoms with E-state index in [9.17, 15) is 18.4 Å². The van der Waals surface area contributed by atoms with Crippen molar-refractivity contribution in [1.29, 1.82) is 5.26 Å². The molecule has 0 radical (unpaired) electrons. The molecule has 1 fully saturated rings. The van der Waals surface area contributed by atoms with Crippen LogP contribution in [-0.4, -0.2) is 69.8 Å². The predicted molar refractivity (Wildman–Crippen MR) is 158 cm³/mol. The van der Waals surface area contributed by atoms with E-state index in [4.69, 9.17) is 5.73 Å². The number of piperidine rings is 1. The number of nitrogens with one attached hydrogen (secondary N) is 1. The topological polar surface area (TPSA) is 99.0 Å². The number of aryl methyl sites for hydroxylation is 1. The molecular weight excluding hydrogens is 549 g/mol. The van der Waals surface area contributed by atoms with Crippen LogP contribution in [0.15, 0.2) is 24.3 Å². The summed E-state index contributed by atoms with van der Waals surface area (Å²) in [7, 11) is 2.08. The van der Waals surface area contributed by atoms with Gasteiger partial charge in [-0.1, -0.05) is 13.0 Å². The van der Waals surface area contributed by atoms with Crippen LogP contribution in [0.25, 0.3) is 21.1 Å². The van der Waals surface area contributed by atoms with Gasteiger partial charge in [-0.05, 0) is 62.7 Å². The SMILES string of the molecule is CCN(C)CCn1c(C#N)cc2c(C)c(CN3CCC(Nc4nc(N)nc5sc(CC(F)(F)F)cc45)CC3)ccc21. The van der Waals surface area contributed by atoms with Crippen molar-refractivity contribution in [3.63, 3.8) is 0 Å². The van der Waals surface area contributed by atoms with Crippen LogP contribution in [0.1, 0.15) is 41.5 Å². The molecule has 0 atom stereocenters. The number of rotatable bonds is 9. The average Bonchev–Trinajstić information content (AvgIpc) is 3.49. The van der Waals surface area contributed by atoms with Gasteiger partial charge in [0.1, 0.15) is 22.4 Å². The Hall–Kier alpha value is -3.40. The van der Waals surface area contributed by atoms with E-state index < -0.39 is 12.6 Å². The number of aromatic nitrogens is 3. The lowest BCUT2D eigenvalue weighted by atomic mass is 10.0. The molecule has 5 rings (SSSR count). The predicted octanol–water partition coefficient (Wildman–Crippen LogP) is 5.54. The molecular formula is C29H35F3N8S. The largest absolute Gasteiger partial charge is 0.393 e. The van der Waals surface area contributed by atoms with Crippen LogP contribution in [0.3, 0.4) is 0 Å². The van der Waals surface area contributed by atoms with Gasteiger partial charge in [0.2, 0.25) is 5.95 Å². The number of fused-ring (bicyclic) bond motifs is 2. The van der Waals surface area contributed by atoms with Gasteiger partial charge in [0.05, 0.1) is 11.8 Å². The van der Waals surface area contributed by atoms with E-state index in [2.05, 4.69) is 68.7 Å². The Kier molecular flexibility index (Phi) is 8.40. The fourth-order valence-corrected chi connectivity index (χ4v) is 6.57. The Balaban J connectivity index is 1.25. The number of likely N-dealkylation sites (tertiary alicyclic amines) is 1. The Morgan fingerprint density at radius 1 is 1.20 bits per heavy atom. The van der Waals surface area contributed by atoms with Crippen molar-refractivity contribution >= 4 is 44.2 Å². The lowest BCUT2D eigenvalue weighted by molar-refractivity contribution is -0.126. The molecule has 1 aliphatic rings. The van der Waals surface area contributed by atoms with E-state index in [1.165, 1.54) is 17.2 Å². The number of benzene rings is 1. The lowest BCUT2D eigenvalue weighted by Gasteiger charge is -2.33. The molecule has 4 heterocycles. The quantitative estimate of drug-likeness (QED) is 0.267. The molecule has 0 bridgehead atoms. The fraction of sp³-hybridized carbons (Fsp3) is 0.483. The van der Waals surface area contributed by atoms with E-state index in [1.807, 2.05) is 6.07 Å². The third-order valence-electron chi connectivity index (χ3n) is 7.98. The average molecular weight is 585 g/mol. The van der Waals surface area contributed by atoms with Crippen molar-refractivity contribution in [3.8, 4) is 6.07 Å². The molecule has 41 heavy (non-hydrogen) atoms. The monoisotopic (exact) mass is 584 g/mol. The zero-order valence-corrected chi connectivity index (χ0v) is 24.4. The van der Waals surface area contributed by atoms with Gasteiger partial charge in [0, 0.05) is 54.5 Å². The highest BCUT2D eigenvalue weighted by Crippen LogP contribution is 2.34. The smallest absolute Gasteiger partial charge is 0.368 e. The molecule has 0 spiro atoms. The second-order valence-electron chi connectivity index (χ2n) is 10.8.